The highest BCUT2D eigenvalue weighted by molar-refractivity contribution is 7.11. The van der Waals surface area contributed by atoms with Gasteiger partial charge in [-0.1, -0.05) is 26.2 Å². The lowest BCUT2D eigenvalue weighted by molar-refractivity contribution is 0.651. The lowest BCUT2D eigenvalue weighted by Gasteiger charge is -2.06. The van der Waals surface area contributed by atoms with Crippen LogP contribution in [0.25, 0.3) is 0 Å². The van der Waals surface area contributed by atoms with Gasteiger partial charge in [0.25, 0.3) is 0 Å². The van der Waals surface area contributed by atoms with E-state index in [-0.39, 0.29) is 0 Å². The Balaban J connectivity index is 1.59. The van der Waals surface area contributed by atoms with E-state index in [4.69, 9.17) is 10.7 Å². The van der Waals surface area contributed by atoms with Crippen LogP contribution in [0.2, 0.25) is 0 Å². The van der Waals surface area contributed by atoms with E-state index in [0.717, 1.165) is 25.9 Å². The van der Waals surface area contributed by atoms with E-state index < -0.39 is 0 Å². The van der Waals surface area contributed by atoms with Crippen LogP contribution in [0.15, 0.2) is 4.99 Å². The van der Waals surface area contributed by atoms with Gasteiger partial charge in [-0.05, 0) is 38.5 Å². The zero-order chi connectivity index (χ0) is 15.6. The van der Waals surface area contributed by atoms with Crippen LogP contribution in [0, 0.1) is 0 Å². The molecule has 0 spiro atoms. The summed E-state index contributed by atoms with van der Waals surface area (Å²) >= 11 is 1.91. The number of fused-ring (bicyclic) bond motifs is 1. The lowest BCUT2D eigenvalue weighted by atomic mass is 10.0. The van der Waals surface area contributed by atoms with Crippen molar-refractivity contribution < 1.29 is 0 Å². The van der Waals surface area contributed by atoms with E-state index >= 15 is 0 Å². The Hall–Kier alpha value is -1.10. The zero-order valence-corrected chi connectivity index (χ0v) is 14.7. The van der Waals surface area contributed by atoms with Crippen molar-refractivity contribution in [3.8, 4) is 0 Å². The van der Waals surface area contributed by atoms with Gasteiger partial charge in [0.15, 0.2) is 5.96 Å². The zero-order valence-electron chi connectivity index (χ0n) is 13.9. The van der Waals surface area contributed by atoms with Crippen molar-refractivity contribution >= 4 is 17.3 Å². The molecule has 0 atom stereocenters. The number of nitrogens with zero attached hydrogens (tertiary/aromatic N) is 2. The third kappa shape index (κ3) is 5.95. The molecule has 0 unspecified atom stereocenters. The molecule has 0 aliphatic heterocycles. The van der Waals surface area contributed by atoms with Crippen molar-refractivity contribution in [2.45, 2.75) is 71.1 Å². The Morgan fingerprint density at radius 3 is 2.91 bits per heavy atom. The van der Waals surface area contributed by atoms with E-state index in [2.05, 4.69) is 17.2 Å². The minimum absolute atomic E-state index is 0.593. The second-order valence-corrected chi connectivity index (χ2v) is 7.21. The van der Waals surface area contributed by atoms with Gasteiger partial charge in [0, 0.05) is 24.4 Å². The fraction of sp³-hybridized carbons (Fsp3) is 0.765. The molecule has 0 amide bonds. The normalized spacial score (nSPS) is 14.9. The largest absolute Gasteiger partial charge is 0.370 e. The fourth-order valence-electron chi connectivity index (χ4n) is 2.77. The quantitative estimate of drug-likeness (QED) is 0.416. The lowest BCUT2D eigenvalue weighted by Crippen LogP contribution is -2.32. The molecule has 3 N–H and O–H groups in total. The number of nitrogens with one attached hydrogen (secondary N) is 1. The van der Waals surface area contributed by atoms with Gasteiger partial charge in [0.2, 0.25) is 0 Å². The molecule has 5 heteroatoms. The Kier molecular flexibility index (Phi) is 7.71. The summed E-state index contributed by atoms with van der Waals surface area (Å²) in [6.45, 7) is 3.95. The summed E-state index contributed by atoms with van der Waals surface area (Å²) in [6.07, 6.45) is 12.1. The molecule has 1 aliphatic carbocycles. The van der Waals surface area contributed by atoms with Crippen LogP contribution in [-0.2, 0) is 19.3 Å². The fourth-order valence-corrected chi connectivity index (χ4v) is 3.96. The number of guanidine groups is 1. The molecule has 0 saturated carbocycles. The summed E-state index contributed by atoms with van der Waals surface area (Å²) < 4.78 is 0. The molecule has 124 valence electrons. The first-order valence-corrected chi connectivity index (χ1v) is 9.62. The van der Waals surface area contributed by atoms with Crippen LogP contribution < -0.4 is 11.1 Å². The van der Waals surface area contributed by atoms with Crippen molar-refractivity contribution in [3.63, 3.8) is 0 Å². The minimum Gasteiger partial charge on any atom is -0.370 e. The summed E-state index contributed by atoms with van der Waals surface area (Å²) in [6, 6.07) is 0. The van der Waals surface area contributed by atoms with E-state index in [1.165, 1.54) is 66.9 Å². The first-order valence-electron chi connectivity index (χ1n) is 8.81. The monoisotopic (exact) mass is 322 g/mol. The highest BCUT2D eigenvalue weighted by Gasteiger charge is 2.14. The van der Waals surface area contributed by atoms with Crippen molar-refractivity contribution in [2.75, 3.05) is 13.1 Å². The molecule has 1 aromatic rings. The van der Waals surface area contributed by atoms with E-state index in [1.807, 2.05) is 11.3 Å². The summed E-state index contributed by atoms with van der Waals surface area (Å²) in [5.41, 5.74) is 7.24. The molecule has 0 radical (unpaired) electrons. The second-order valence-electron chi connectivity index (χ2n) is 6.04. The van der Waals surface area contributed by atoms with Gasteiger partial charge >= 0.3 is 0 Å². The number of thiazole rings is 1. The van der Waals surface area contributed by atoms with Gasteiger partial charge in [-0.3, -0.25) is 4.99 Å². The maximum absolute atomic E-state index is 5.87. The van der Waals surface area contributed by atoms with E-state index in [0.29, 0.717) is 5.96 Å². The standard InChI is InChI=1S/C17H30N4S/c1-2-3-4-7-12-19-17(18)20-13-8-11-16-21-14-9-5-6-10-15(14)22-16/h2-13H2,1H3,(H3,18,19,20). The number of aliphatic imine (C=N–C) groups is 1. The number of hydrogen-bond acceptors (Lipinski definition) is 3. The molecule has 0 saturated heterocycles. The molecular weight excluding hydrogens is 292 g/mol. The number of aryl methyl sites for hydroxylation is 3. The first kappa shape index (κ1) is 17.3. The average molecular weight is 323 g/mol. The predicted octanol–water partition coefficient (Wildman–Crippen LogP) is 3.44. The summed E-state index contributed by atoms with van der Waals surface area (Å²) in [5, 5.41) is 4.48. The maximum atomic E-state index is 5.87. The topological polar surface area (TPSA) is 63.3 Å². The Bertz CT molecular complexity index is 444. The van der Waals surface area contributed by atoms with Gasteiger partial charge in [0.1, 0.15) is 0 Å². The molecule has 1 heterocycles. The highest BCUT2D eigenvalue weighted by Crippen LogP contribution is 2.27. The Labute approximate surface area is 138 Å². The maximum Gasteiger partial charge on any atom is 0.188 e. The molecule has 4 nitrogen and oxygen atoms in total. The molecule has 0 fully saturated rings. The number of rotatable bonds is 9. The van der Waals surface area contributed by atoms with Crippen LogP contribution >= 0.6 is 11.3 Å². The minimum atomic E-state index is 0.593. The number of aromatic nitrogens is 1. The molecule has 1 aliphatic rings. The van der Waals surface area contributed by atoms with Crippen LogP contribution in [0.1, 0.15) is 67.4 Å². The van der Waals surface area contributed by atoms with Crippen LogP contribution in [0.4, 0.5) is 0 Å². The van der Waals surface area contributed by atoms with Crippen LogP contribution in [-0.4, -0.2) is 24.0 Å². The molecule has 0 aromatic carbocycles. The third-order valence-electron chi connectivity index (χ3n) is 4.06. The average Bonchev–Trinajstić information content (AvgIpc) is 2.94. The van der Waals surface area contributed by atoms with Gasteiger partial charge in [-0.25, -0.2) is 4.98 Å². The predicted molar refractivity (Wildman–Crippen MR) is 95.7 cm³/mol. The molecule has 22 heavy (non-hydrogen) atoms. The van der Waals surface area contributed by atoms with Gasteiger partial charge < -0.3 is 11.1 Å². The number of nitrogens with two attached hydrogens (primary N) is 1. The van der Waals surface area contributed by atoms with Crippen LogP contribution in [0.3, 0.4) is 0 Å². The first-order chi connectivity index (χ1) is 10.8. The number of hydrogen-bond donors (Lipinski definition) is 2. The van der Waals surface area contributed by atoms with Gasteiger partial charge in [-0.15, -0.1) is 11.3 Å². The second kappa shape index (κ2) is 9.82. The highest BCUT2D eigenvalue weighted by atomic mass is 32.1. The molecule has 2 rings (SSSR count). The van der Waals surface area contributed by atoms with Crippen molar-refractivity contribution in [1.29, 1.82) is 0 Å². The van der Waals surface area contributed by atoms with E-state index in [9.17, 15) is 0 Å². The van der Waals surface area contributed by atoms with E-state index in [1.54, 1.807) is 0 Å². The van der Waals surface area contributed by atoms with Crippen molar-refractivity contribution in [3.05, 3.63) is 15.6 Å². The Morgan fingerprint density at radius 1 is 1.23 bits per heavy atom. The summed E-state index contributed by atoms with van der Waals surface area (Å²) in [5.74, 6) is 0.593. The molecule has 1 aromatic heterocycles. The summed E-state index contributed by atoms with van der Waals surface area (Å²) in [7, 11) is 0. The third-order valence-corrected chi connectivity index (χ3v) is 5.27. The van der Waals surface area contributed by atoms with Gasteiger partial charge in [-0.2, -0.15) is 0 Å². The van der Waals surface area contributed by atoms with Crippen LogP contribution in [0.5, 0.6) is 0 Å². The van der Waals surface area contributed by atoms with Gasteiger partial charge in [0.05, 0.1) is 10.7 Å². The smallest absolute Gasteiger partial charge is 0.188 e. The Morgan fingerprint density at radius 2 is 2.09 bits per heavy atom. The van der Waals surface area contributed by atoms with Crippen molar-refractivity contribution in [1.82, 2.24) is 10.3 Å². The van der Waals surface area contributed by atoms with Crippen molar-refractivity contribution in [2.24, 2.45) is 10.7 Å². The number of unbranched alkanes of at least 4 members (excludes halogenated alkanes) is 3. The summed E-state index contributed by atoms with van der Waals surface area (Å²) in [4.78, 5) is 10.7. The molecule has 0 bridgehead atoms. The molecular formula is C17H30N4S. The SMILES string of the molecule is CCCCCCNC(N)=NCCCc1nc2c(s1)CCCC2.